The first-order valence-corrected chi connectivity index (χ1v) is 7.76. The molecule has 0 saturated carbocycles. The summed E-state index contributed by atoms with van der Waals surface area (Å²) < 4.78 is 12.3. The highest BCUT2D eigenvalue weighted by Crippen LogP contribution is 2.24. The molecule has 1 aliphatic rings. The SMILES string of the molecule is CC(CC(=O)O)S(=O)C1CCc2ccccc2NC1=O. The Kier molecular flexibility index (Phi) is 4.54. The fourth-order valence-corrected chi connectivity index (χ4v) is 3.81. The van der Waals surface area contributed by atoms with E-state index in [0.29, 0.717) is 12.8 Å². The van der Waals surface area contributed by atoms with Gasteiger partial charge in [-0.1, -0.05) is 25.1 Å². The number of carboxylic acid groups (broad SMARTS) is 1. The Hall–Kier alpha value is -1.69. The summed E-state index contributed by atoms with van der Waals surface area (Å²) in [5.41, 5.74) is 1.77. The minimum atomic E-state index is -1.49. The highest BCUT2D eigenvalue weighted by molar-refractivity contribution is 7.87. The molecular weight excluding hydrogens is 278 g/mol. The van der Waals surface area contributed by atoms with E-state index in [9.17, 15) is 13.8 Å². The van der Waals surface area contributed by atoms with Gasteiger partial charge in [-0.15, -0.1) is 0 Å². The van der Waals surface area contributed by atoms with Gasteiger partial charge in [0.05, 0.1) is 6.42 Å². The van der Waals surface area contributed by atoms with Crippen LogP contribution in [0.4, 0.5) is 5.69 Å². The van der Waals surface area contributed by atoms with Gasteiger partial charge in [0.1, 0.15) is 5.25 Å². The number of rotatable bonds is 4. The second-order valence-corrected chi connectivity index (χ2v) is 6.94. The number of nitrogens with one attached hydrogen (secondary N) is 1. The van der Waals surface area contributed by atoms with Crippen LogP contribution in [0.2, 0.25) is 0 Å². The highest BCUT2D eigenvalue weighted by Gasteiger charge is 2.32. The van der Waals surface area contributed by atoms with Gasteiger partial charge in [-0.05, 0) is 24.5 Å². The van der Waals surface area contributed by atoms with Crippen LogP contribution in [0, 0.1) is 0 Å². The molecule has 1 amide bonds. The van der Waals surface area contributed by atoms with E-state index in [1.54, 1.807) is 6.92 Å². The minimum Gasteiger partial charge on any atom is -0.481 e. The first-order chi connectivity index (χ1) is 9.49. The molecule has 6 heteroatoms. The molecule has 0 spiro atoms. The van der Waals surface area contributed by atoms with Gasteiger partial charge in [0.2, 0.25) is 5.91 Å². The van der Waals surface area contributed by atoms with E-state index in [-0.39, 0.29) is 12.3 Å². The first kappa shape index (κ1) is 14.7. The van der Waals surface area contributed by atoms with E-state index in [1.165, 1.54) is 0 Å². The molecular formula is C14H17NO4S. The van der Waals surface area contributed by atoms with Crippen LogP contribution in [0.1, 0.15) is 25.3 Å². The summed E-state index contributed by atoms with van der Waals surface area (Å²) >= 11 is 0. The predicted octanol–water partition coefficient (Wildman–Crippen LogP) is 1.55. The van der Waals surface area contributed by atoms with Gasteiger partial charge in [-0.3, -0.25) is 13.8 Å². The molecule has 0 bridgehead atoms. The van der Waals surface area contributed by atoms with Gasteiger partial charge in [0.25, 0.3) is 0 Å². The van der Waals surface area contributed by atoms with E-state index < -0.39 is 27.3 Å². The smallest absolute Gasteiger partial charge is 0.304 e. The molecule has 2 N–H and O–H groups in total. The molecule has 108 valence electrons. The van der Waals surface area contributed by atoms with E-state index in [4.69, 9.17) is 5.11 Å². The van der Waals surface area contributed by atoms with Crippen molar-refractivity contribution in [1.82, 2.24) is 0 Å². The van der Waals surface area contributed by atoms with E-state index in [2.05, 4.69) is 5.32 Å². The van der Waals surface area contributed by atoms with Gasteiger partial charge in [0.15, 0.2) is 0 Å². The van der Waals surface area contributed by atoms with Crippen molar-refractivity contribution in [1.29, 1.82) is 0 Å². The second-order valence-electron chi connectivity index (χ2n) is 4.91. The summed E-state index contributed by atoms with van der Waals surface area (Å²) in [6.45, 7) is 1.61. The third-order valence-corrected chi connectivity index (χ3v) is 5.35. The van der Waals surface area contributed by atoms with Crippen molar-refractivity contribution in [3.05, 3.63) is 29.8 Å². The summed E-state index contributed by atoms with van der Waals surface area (Å²) in [7, 11) is -1.49. The Labute approximate surface area is 119 Å². The van der Waals surface area contributed by atoms with Gasteiger partial charge < -0.3 is 10.4 Å². The minimum absolute atomic E-state index is 0.191. The highest BCUT2D eigenvalue weighted by atomic mass is 32.2. The van der Waals surface area contributed by atoms with Crippen molar-refractivity contribution < 1.29 is 18.9 Å². The lowest BCUT2D eigenvalue weighted by molar-refractivity contribution is -0.137. The van der Waals surface area contributed by atoms with Crippen LogP contribution in [0.15, 0.2) is 24.3 Å². The average Bonchev–Trinajstić information content (AvgIpc) is 2.55. The molecule has 1 aromatic rings. The topological polar surface area (TPSA) is 83.5 Å². The number of benzene rings is 1. The monoisotopic (exact) mass is 295 g/mol. The normalized spacial score (nSPS) is 21.2. The quantitative estimate of drug-likeness (QED) is 0.883. The average molecular weight is 295 g/mol. The number of anilines is 1. The third-order valence-electron chi connectivity index (χ3n) is 3.38. The van der Waals surface area contributed by atoms with Crippen LogP contribution in [-0.2, 0) is 26.8 Å². The Bertz CT molecular complexity index is 558. The number of aryl methyl sites for hydroxylation is 1. The molecule has 1 aliphatic heterocycles. The van der Waals surface area contributed by atoms with Crippen molar-refractivity contribution in [2.24, 2.45) is 0 Å². The van der Waals surface area contributed by atoms with Gasteiger partial charge in [-0.25, -0.2) is 0 Å². The van der Waals surface area contributed by atoms with E-state index in [0.717, 1.165) is 11.3 Å². The standard InChI is InChI=1S/C14H17NO4S/c1-9(8-13(16)17)20(19)12-7-6-10-4-2-3-5-11(10)15-14(12)18/h2-5,9,12H,6-8H2,1H3,(H,15,18)(H,16,17). The number of carboxylic acids is 1. The zero-order valence-corrected chi connectivity index (χ0v) is 12.0. The van der Waals surface area contributed by atoms with Crippen LogP contribution in [0.5, 0.6) is 0 Å². The van der Waals surface area contributed by atoms with Crippen molar-refractivity contribution in [3.8, 4) is 0 Å². The largest absolute Gasteiger partial charge is 0.481 e. The summed E-state index contributed by atoms with van der Waals surface area (Å²) in [4.78, 5) is 22.8. The Morgan fingerprint density at radius 3 is 2.90 bits per heavy atom. The van der Waals surface area contributed by atoms with Crippen molar-refractivity contribution >= 4 is 28.4 Å². The number of aliphatic carboxylic acids is 1. The number of amides is 1. The Balaban J connectivity index is 2.14. The Morgan fingerprint density at radius 1 is 1.50 bits per heavy atom. The zero-order valence-electron chi connectivity index (χ0n) is 11.2. The lowest BCUT2D eigenvalue weighted by Crippen LogP contribution is -2.35. The molecule has 0 fully saturated rings. The summed E-state index contributed by atoms with van der Waals surface area (Å²) in [6.07, 6.45) is 0.938. The molecule has 5 nitrogen and oxygen atoms in total. The fourth-order valence-electron chi connectivity index (χ4n) is 2.32. The lowest BCUT2D eigenvalue weighted by atomic mass is 10.1. The van der Waals surface area contributed by atoms with Crippen molar-refractivity contribution in [2.45, 2.75) is 36.7 Å². The molecule has 3 unspecified atom stereocenters. The number of carbonyl (C=O) groups is 2. The summed E-state index contributed by atoms with van der Waals surface area (Å²) in [6, 6.07) is 7.49. The molecule has 1 heterocycles. The molecule has 1 aromatic carbocycles. The van der Waals surface area contributed by atoms with Crippen LogP contribution in [0.25, 0.3) is 0 Å². The molecule has 2 rings (SSSR count). The number of fused-ring (bicyclic) bond motifs is 1. The molecule has 0 saturated heterocycles. The molecule has 3 atom stereocenters. The van der Waals surface area contributed by atoms with E-state index >= 15 is 0 Å². The maximum atomic E-state index is 12.3. The number of hydrogen-bond acceptors (Lipinski definition) is 3. The zero-order chi connectivity index (χ0) is 14.7. The van der Waals surface area contributed by atoms with Gasteiger partial charge >= 0.3 is 5.97 Å². The summed E-state index contributed by atoms with van der Waals surface area (Å²) in [5.74, 6) is -1.28. The van der Waals surface area contributed by atoms with Crippen molar-refractivity contribution in [3.63, 3.8) is 0 Å². The molecule has 0 aliphatic carbocycles. The molecule has 0 radical (unpaired) electrons. The van der Waals surface area contributed by atoms with Crippen LogP contribution < -0.4 is 5.32 Å². The first-order valence-electron chi connectivity index (χ1n) is 6.49. The lowest BCUT2D eigenvalue weighted by Gasteiger charge is -2.17. The van der Waals surface area contributed by atoms with Crippen molar-refractivity contribution in [2.75, 3.05) is 5.32 Å². The van der Waals surface area contributed by atoms with Gasteiger partial charge in [-0.2, -0.15) is 0 Å². The number of para-hydroxylation sites is 1. The fraction of sp³-hybridized carbons (Fsp3) is 0.429. The Morgan fingerprint density at radius 2 is 2.20 bits per heavy atom. The second kappa shape index (κ2) is 6.17. The van der Waals surface area contributed by atoms with E-state index in [1.807, 2.05) is 24.3 Å². The maximum Gasteiger partial charge on any atom is 0.304 e. The van der Waals surface area contributed by atoms with Crippen LogP contribution >= 0.6 is 0 Å². The molecule has 20 heavy (non-hydrogen) atoms. The maximum absolute atomic E-state index is 12.3. The predicted molar refractivity (Wildman–Crippen MR) is 77.0 cm³/mol. The number of carbonyl (C=O) groups excluding carboxylic acids is 1. The van der Waals surface area contributed by atoms with Gasteiger partial charge in [0, 0.05) is 21.7 Å². The number of hydrogen-bond donors (Lipinski definition) is 2. The third kappa shape index (κ3) is 3.25. The van der Waals surface area contributed by atoms with Crippen LogP contribution in [-0.4, -0.2) is 31.7 Å². The van der Waals surface area contributed by atoms with Crippen LogP contribution in [0.3, 0.4) is 0 Å². The summed E-state index contributed by atoms with van der Waals surface area (Å²) in [5, 5.41) is 10.3. The molecule has 0 aromatic heterocycles.